The predicted octanol–water partition coefficient (Wildman–Crippen LogP) is 3.53. The van der Waals surface area contributed by atoms with Crippen molar-refractivity contribution in [3.8, 4) is 0 Å². The molecule has 0 spiro atoms. The van der Waals surface area contributed by atoms with Crippen molar-refractivity contribution in [2.75, 3.05) is 26.8 Å². The second-order valence-electron chi connectivity index (χ2n) is 5.87. The van der Waals surface area contributed by atoms with Gasteiger partial charge in [0.05, 0.1) is 6.61 Å². The number of halogens is 1. The summed E-state index contributed by atoms with van der Waals surface area (Å²) in [6.45, 7) is 5.11. The molecule has 2 rings (SSSR count). The molecular formula is C16H24ClNO. The molecule has 0 heterocycles. The number of benzene rings is 1. The Kier molecular flexibility index (Phi) is 5.26. The van der Waals surface area contributed by atoms with Gasteiger partial charge in [-0.05, 0) is 42.2 Å². The first-order valence-corrected chi connectivity index (χ1v) is 7.46. The summed E-state index contributed by atoms with van der Waals surface area (Å²) in [5.74, 6) is 0.832. The largest absolute Gasteiger partial charge is 0.383 e. The van der Waals surface area contributed by atoms with E-state index in [4.69, 9.17) is 16.3 Å². The molecule has 0 saturated heterocycles. The molecule has 0 aromatic heterocycles. The Hall–Kier alpha value is -0.570. The van der Waals surface area contributed by atoms with Crippen LogP contribution >= 0.6 is 11.6 Å². The molecule has 106 valence electrons. The zero-order valence-corrected chi connectivity index (χ0v) is 12.7. The summed E-state index contributed by atoms with van der Waals surface area (Å²) in [6.07, 6.45) is 3.76. The highest BCUT2D eigenvalue weighted by atomic mass is 35.5. The highest BCUT2D eigenvalue weighted by molar-refractivity contribution is 6.31. The predicted molar refractivity (Wildman–Crippen MR) is 80.7 cm³/mol. The zero-order chi connectivity index (χ0) is 13.7. The highest BCUT2D eigenvalue weighted by Crippen LogP contribution is 2.47. The third-order valence-corrected chi connectivity index (χ3v) is 4.50. The van der Waals surface area contributed by atoms with Crippen LogP contribution in [-0.4, -0.2) is 26.8 Å². The van der Waals surface area contributed by atoms with Gasteiger partial charge in [0.1, 0.15) is 0 Å². The molecule has 0 aliphatic heterocycles. The van der Waals surface area contributed by atoms with E-state index >= 15 is 0 Å². The van der Waals surface area contributed by atoms with E-state index in [0.29, 0.717) is 5.41 Å². The Morgan fingerprint density at radius 1 is 1.37 bits per heavy atom. The second-order valence-corrected chi connectivity index (χ2v) is 6.27. The summed E-state index contributed by atoms with van der Waals surface area (Å²) in [7, 11) is 1.74. The van der Waals surface area contributed by atoms with Gasteiger partial charge in [0.2, 0.25) is 0 Å². The molecule has 0 amide bonds. The molecule has 1 N–H and O–H groups in total. The SMILES string of the molecule is COCCNCC(C)(Cc1ccccc1Cl)C1CC1. The lowest BCUT2D eigenvalue weighted by Gasteiger charge is -2.31. The Balaban J connectivity index is 1.97. The van der Waals surface area contributed by atoms with Crippen molar-refractivity contribution >= 4 is 11.6 Å². The second kappa shape index (κ2) is 6.74. The molecule has 1 aromatic carbocycles. The molecule has 1 saturated carbocycles. The maximum absolute atomic E-state index is 6.30. The fourth-order valence-electron chi connectivity index (χ4n) is 2.76. The van der Waals surface area contributed by atoms with Gasteiger partial charge in [0.15, 0.2) is 0 Å². The number of nitrogens with one attached hydrogen (secondary N) is 1. The quantitative estimate of drug-likeness (QED) is 0.736. The lowest BCUT2D eigenvalue weighted by atomic mass is 9.79. The van der Waals surface area contributed by atoms with E-state index in [2.05, 4.69) is 24.4 Å². The first kappa shape index (κ1) is 14.8. The summed E-state index contributed by atoms with van der Waals surface area (Å²) < 4.78 is 5.09. The third-order valence-electron chi connectivity index (χ3n) is 4.13. The van der Waals surface area contributed by atoms with Gasteiger partial charge in [-0.15, -0.1) is 0 Å². The standard InChI is InChI=1S/C16H24ClNO/c1-16(14-7-8-14,12-18-9-10-19-2)11-13-5-3-4-6-15(13)17/h3-6,14,18H,7-12H2,1-2H3. The van der Waals surface area contributed by atoms with E-state index in [9.17, 15) is 0 Å². The van der Waals surface area contributed by atoms with Gasteiger partial charge in [-0.3, -0.25) is 0 Å². The van der Waals surface area contributed by atoms with Crippen LogP contribution in [0.15, 0.2) is 24.3 Å². The molecular weight excluding hydrogens is 258 g/mol. The molecule has 0 bridgehead atoms. The van der Waals surface area contributed by atoms with Gasteiger partial charge in [0.25, 0.3) is 0 Å². The van der Waals surface area contributed by atoms with Gasteiger partial charge in [-0.1, -0.05) is 36.7 Å². The van der Waals surface area contributed by atoms with E-state index in [1.807, 2.05) is 12.1 Å². The minimum absolute atomic E-state index is 0.304. The van der Waals surface area contributed by atoms with Crippen molar-refractivity contribution in [2.45, 2.75) is 26.2 Å². The average molecular weight is 282 g/mol. The van der Waals surface area contributed by atoms with Crippen molar-refractivity contribution in [1.29, 1.82) is 0 Å². The van der Waals surface area contributed by atoms with Crippen LogP contribution in [0.5, 0.6) is 0 Å². The summed E-state index contributed by atoms with van der Waals surface area (Å²) in [5, 5.41) is 4.41. The van der Waals surface area contributed by atoms with E-state index in [-0.39, 0.29) is 0 Å². The van der Waals surface area contributed by atoms with Crippen LogP contribution in [0.4, 0.5) is 0 Å². The van der Waals surface area contributed by atoms with Crippen molar-refractivity contribution in [3.63, 3.8) is 0 Å². The minimum atomic E-state index is 0.304. The monoisotopic (exact) mass is 281 g/mol. The lowest BCUT2D eigenvalue weighted by molar-refractivity contribution is 0.187. The van der Waals surface area contributed by atoms with Crippen LogP contribution in [0.1, 0.15) is 25.3 Å². The Morgan fingerprint density at radius 2 is 2.11 bits per heavy atom. The van der Waals surface area contributed by atoms with Gasteiger partial charge in [-0.2, -0.15) is 0 Å². The van der Waals surface area contributed by atoms with Crippen LogP contribution in [0.2, 0.25) is 5.02 Å². The third kappa shape index (κ3) is 4.20. The summed E-state index contributed by atoms with van der Waals surface area (Å²) in [4.78, 5) is 0. The van der Waals surface area contributed by atoms with Gasteiger partial charge < -0.3 is 10.1 Å². The Morgan fingerprint density at radius 3 is 2.74 bits per heavy atom. The first-order valence-electron chi connectivity index (χ1n) is 7.09. The van der Waals surface area contributed by atoms with Crippen molar-refractivity contribution in [1.82, 2.24) is 5.32 Å². The van der Waals surface area contributed by atoms with Crippen molar-refractivity contribution in [2.24, 2.45) is 11.3 Å². The van der Waals surface area contributed by atoms with E-state index in [0.717, 1.165) is 37.1 Å². The van der Waals surface area contributed by atoms with Crippen LogP contribution in [-0.2, 0) is 11.2 Å². The molecule has 0 radical (unpaired) electrons. The molecule has 19 heavy (non-hydrogen) atoms. The van der Waals surface area contributed by atoms with Crippen LogP contribution in [0, 0.1) is 11.3 Å². The van der Waals surface area contributed by atoms with E-state index < -0.39 is 0 Å². The Bertz CT molecular complexity index is 405. The van der Waals surface area contributed by atoms with Gasteiger partial charge in [-0.25, -0.2) is 0 Å². The summed E-state index contributed by atoms with van der Waals surface area (Å²) >= 11 is 6.30. The molecule has 1 unspecified atom stereocenters. The molecule has 1 fully saturated rings. The molecule has 3 heteroatoms. The number of methoxy groups -OCH3 is 1. The first-order chi connectivity index (χ1) is 9.15. The number of rotatable bonds is 8. The van der Waals surface area contributed by atoms with Crippen molar-refractivity contribution in [3.05, 3.63) is 34.9 Å². The van der Waals surface area contributed by atoms with Gasteiger partial charge >= 0.3 is 0 Å². The van der Waals surface area contributed by atoms with Crippen LogP contribution < -0.4 is 5.32 Å². The normalized spacial score (nSPS) is 18.3. The number of hydrogen-bond donors (Lipinski definition) is 1. The van der Waals surface area contributed by atoms with Crippen LogP contribution in [0.3, 0.4) is 0 Å². The minimum Gasteiger partial charge on any atom is -0.383 e. The average Bonchev–Trinajstić information content (AvgIpc) is 3.22. The summed E-state index contributed by atoms with van der Waals surface area (Å²) in [6, 6.07) is 8.21. The highest BCUT2D eigenvalue weighted by Gasteiger charge is 2.41. The maximum atomic E-state index is 6.30. The van der Waals surface area contributed by atoms with Crippen molar-refractivity contribution < 1.29 is 4.74 Å². The molecule has 1 atom stereocenters. The van der Waals surface area contributed by atoms with E-state index in [1.165, 1.54) is 18.4 Å². The smallest absolute Gasteiger partial charge is 0.0587 e. The summed E-state index contributed by atoms with van der Waals surface area (Å²) in [5.41, 5.74) is 1.57. The molecule has 1 aliphatic carbocycles. The number of hydrogen-bond acceptors (Lipinski definition) is 2. The fraction of sp³-hybridized carbons (Fsp3) is 0.625. The fourth-order valence-corrected chi connectivity index (χ4v) is 2.96. The Labute approximate surface area is 121 Å². The lowest BCUT2D eigenvalue weighted by Crippen LogP contribution is -2.37. The topological polar surface area (TPSA) is 21.3 Å². The maximum Gasteiger partial charge on any atom is 0.0587 e. The van der Waals surface area contributed by atoms with Crippen LogP contribution in [0.25, 0.3) is 0 Å². The van der Waals surface area contributed by atoms with E-state index in [1.54, 1.807) is 7.11 Å². The molecule has 1 aliphatic rings. The van der Waals surface area contributed by atoms with Gasteiger partial charge in [0, 0.05) is 25.2 Å². The number of ether oxygens (including phenoxy) is 1. The molecule has 1 aromatic rings. The zero-order valence-electron chi connectivity index (χ0n) is 11.9. The molecule has 2 nitrogen and oxygen atoms in total.